The highest BCUT2D eigenvalue weighted by Crippen LogP contribution is 2.22. The van der Waals surface area contributed by atoms with E-state index < -0.39 is 5.82 Å². The summed E-state index contributed by atoms with van der Waals surface area (Å²) >= 11 is 5.48. The lowest BCUT2D eigenvalue weighted by Crippen LogP contribution is -2.38. The lowest BCUT2D eigenvalue weighted by Gasteiger charge is -2.11. The molecule has 0 aliphatic carbocycles. The molecule has 0 radical (unpaired) electrons. The molecule has 0 aliphatic heterocycles. The molecule has 2 aromatic carbocycles. The summed E-state index contributed by atoms with van der Waals surface area (Å²) in [5.41, 5.74) is 1.12. The number of halogens is 1. The predicted octanol–water partition coefficient (Wildman–Crippen LogP) is 4.45. The van der Waals surface area contributed by atoms with Gasteiger partial charge in [-0.2, -0.15) is 4.57 Å². The summed E-state index contributed by atoms with van der Waals surface area (Å²) in [4.78, 5) is 0.185. The van der Waals surface area contributed by atoms with Crippen molar-refractivity contribution in [3.8, 4) is 5.75 Å². The van der Waals surface area contributed by atoms with Gasteiger partial charge in [0.1, 0.15) is 11.6 Å². The molecule has 0 amide bonds. The van der Waals surface area contributed by atoms with E-state index in [-0.39, 0.29) is 16.4 Å². The summed E-state index contributed by atoms with van der Waals surface area (Å²) in [6, 6.07) is 18.6. The molecule has 0 aliphatic rings. The zero-order valence-corrected chi connectivity index (χ0v) is 15.4. The van der Waals surface area contributed by atoms with Crippen LogP contribution in [-0.2, 0) is 0 Å². The number of ether oxygens (including phenoxy) is 1. The van der Waals surface area contributed by atoms with E-state index in [1.807, 2.05) is 18.2 Å². The smallest absolute Gasteiger partial charge is 0.288 e. The quantitative estimate of drug-likeness (QED) is 0.297. The molecule has 27 heavy (non-hydrogen) atoms. The molecule has 3 aromatic rings. The van der Waals surface area contributed by atoms with Gasteiger partial charge in [-0.15, -0.1) is 0 Å². The second kappa shape index (κ2) is 8.42. The Bertz CT molecular complexity index is 973. The number of rotatable bonds is 5. The van der Waals surface area contributed by atoms with Gasteiger partial charge < -0.3 is 15.2 Å². The summed E-state index contributed by atoms with van der Waals surface area (Å²) in [5, 5.41) is 13.8. The topological polar surface area (TPSA) is 45.4 Å². The van der Waals surface area contributed by atoms with E-state index in [1.165, 1.54) is 6.07 Å². The van der Waals surface area contributed by atoms with Crippen LogP contribution in [0.15, 0.2) is 79.1 Å². The SMILES string of the molecule is COc1ccc(C(O)=C(C(=S)Nc2ccccc2F)[n+]2ccccc2)cc1. The molecule has 0 fully saturated rings. The highest BCUT2D eigenvalue weighted by Gasteiger charge is 2.24. The van der Waals surface area contributed by atoms with Gasteiger partial charge in [0.05, 0.1) is 12.8 Å². The third kappa shape index (κ3) is 4.30. The maximum atomic E-state index is 14.0. The number of nitrogens with one attached hydrogen (secondary N) is 1. The Kier molecular flexibility index (Phi) is 5.78. The number of hydrogen-bond donors (Lipinski definition) is 2. The Morgan fingerprint density at radius 2 is 1.67 bits per heavy atom. The van der Waals surface area contributed by atoms with Gasteiger partial charge >= 0.3 is 0 Å². The van der Waals surface area contributed by atoms with Crippen molar-refractivity contribution >= 4 is 34.3 Å². The molecule has 136 valence electrons. The zero-order valence-electron chi connectivity index (χ0n) is 14.6. The maximum Gasteiger partial charge on any atom is 0.288 e. The third-order valence-corrected chi connectivity index (χ3v) is 4.19. The monoisotopic (exact) mass is 381 g/mol. The van der Waals surface area contributed by atoms with Crippen molar-refractivity contribution in [2.45, 2.75) is 0 Å². The Balaban J connectivity index is 2.05. The van der Waals surface area contributed by atoms with Crippen LogP contribution in [0.2, 0.25) is 0 Å². The van der Waals surface area contributed by atoms with Crippen LogP contribution in [0.4, 0.5) is 10.1 Å². The highest BCUT2D eigenvalue weighted by molar-refractivity contribution is 7.81. The van der Waals surface area contributed by atoms with Crippen molar-refractivity contribution in [2.75, 3.05) is 12.4 Å². The molecule has 0 saturated carbocycles. The average Bonchev–Trinajstić information content (AvgIpc) is 2.71. The minimum absolute atomic E-state index is 0.0392. The first-order chi connectivity index (χ1) is 13.1. The maximum absolute atomic E-state index is 14.0. The van der Waals surface area contributed by atoms with Crippen molar-refractivity contribution in [1.82, 2.24) is 0 Å². The van der Waals surface area contributed by atoms with Crippen LogP contribution < -0.4 is 14.6 Å². The number of aromatic nitrogens is 1. The van der Waals surface area contributed by atoms with E-state index >= 15 is 0 Å². The lowest BCUT2D eigenvalue weighted by atomic mass is 10.1. The van der Waals surface area contributed by atoms with Gasteiger partial charge in [0.15, 0.2) is 23.1 Å². The molecule has 2 N–H and O–H groups in total. The summed E-state index contributed by atoms with van der Waals surface area (Å²) < 4.78 is 20.8. The number of methoxy groups -OCH3 is 1. The van der Waals surface area contributed by atoms with Crippen molar-refractivity contribution in [3.05, 3.63) is 90.5 Å². The van der Waals surface area contributed by atoms with Gasteiger partial charge in [0.25, 0.3) is 5.70 Å². The number of aliphatic hydroxyl groups excluding tert-OH is 1. The Hall–Kier alpha value is -3.25. The molecule has 4 nitrogen and oxygen atoms in total. The molecule has 3 rings (SSSR count). The lowest BCUT2D eigenvalue weighted by molar-refractivity contribution is -0.575. The normalized spacial score (nSPS) is 11.5. The fourth-order valence-corrected chi connectivity index (χ4v) is 2.84. The van der Waals surface area contributed by atoms with E-state index in [0.717, 1.165) is 0 Å². The van der Waals surface area contributed by atoms with Gasteiger partial charge in [-0.3, -0.25) is 0 Å². The van der Waals surface area contributed by atoms with Crippen LogP contribution in [0.1, 0.15) is 5.56 Å². The van der Waals surface area contributed by atoms with Gasteiger partial charge in [0, 0.05) is 17.7 Å². The van der Waals surface area contributed by atoms with Gasteiger partial charge in [-0.1, -0.05) is 30.4 Å². The van der Waals surface area contributed by atoms with E-state index in [4.69, 9.17) is 17.0 Å². The third-order valence-electron chi connectivity index (χ3n) is 3.90. The van der Waals surface area contributed by atoms with Crippen molar-refractivity contribution in [1.29, 1.82) is 0 Å². The van der Waals surface area contributed by atoms with Crippen LogP contribution in [0, 0.1) is 5.82 Å². The van der Waals surface area contributed by atoms with Crippen molar-refractivity contribution < 1.29 is 18.8 Å². The number of aliphatic hydroxyl groups is 1. The molecule has 0 bridgehead atoms. The Morgan fingerprint density at radius 1 is 1.00 bits per heavy atom. The zero-order chi connectivity index (χ0) is 19.2. The van der Waals surface area contributed by atoms with Gasteiger partial charge in [0.2, 0.25) is 0 Å². The Labute approximate surface area is 162 Å². The molecule has 0 atom stereocenters. The van der Waals surface area contributed by atoms with E-state index in [0.29, 0.717) is 17.0 Å². The Morgan fingerprint density at radius 3 is 2.30 bits per heavy atom. The number of pyridine rings is 1. The largest absolute Gasteiger partial charge is 0.502 e. The molecular formula is C21H18FN2O2S+. The molecule has 1 heterocycles. The van der Waals surface area contributed by atoms with Crippen LogP contribution >= 0.6 is 12.2 Å². The highest BCUT2D eigenvalue weighted by atomic mass is 32.1. The molecule has 0 unspecified atom stereocenters. The van der Waals surface area contributed by atoms with Crippen molar-refractivity contribution in [2.24, 2.45) is 0 Å². The minimum atomic E-state index is -0.429. The summed E-state index contributed by atoms with van der Waals surface area (Å²) in [7, 11) is 1.57. The van der Waals surface area contributed by atoms with Crippen LogP contribution in [0.5, 0.6) is 5.75 Å². The number of thiocarbonyl (C=S) groups is 1. The number of benzene rings is 2. The number of anilines is 1. The first-order valence-corrected chi connectivity index (χ1v) is 8.61. The number of hydrogen-bond acceptors (Lipinski definition) is 3. The first-order valence-electron chi connectivity index (χ1n) is 8.20. The van der Waals surface area contributed by atoms with Crippen LogP contribution in [0.25, 0.3) is 11.5 Å². The van der Waals surface area contributed by atoms with Crippen molar-refractivity contribution in [3.63, 3.8) is 0 Å². The van der Waals surface area contributed by atoms with Crippen LogP contribution in [-0.4, -0.2) is 17.2 Å². The standard InChI is InChI=1S/C21H17FN2O2S/c1-26-16-11-9-15(10-12-16)20(25)19(24-13-5-2-6-14-24)21(27)23-18-8-4-3-7-17(18)22/h2-14H,1H3,(H-,23,25,27)/p+1. The predicted molar refractivity (Wildman–Crippen MR) is 108 cm³/mol. The first kappa shape index (κ1) is 18.5. The number of para-hydroxylation sites is 1. The summed E-state index contributed by atoms with van der Waals surface area (Å²) in [5.74, 6) is 0.205. The number of nitrogens with zero attached hydrogens (tertiary/aromatic N) is 1. The van der Waals surface area contributed by atoms with E-state index in [2.05, 4.69) is 5.32 Å². The van der Waals surface area contributed by atoms with Crippen LogP contribution in [0.3, 0.4) is 0 Å². The molecular weight excluding hydrogens is 363 g/mol. The van der Waals surface area contributed by atoms with E-state index in [1.54, 1.807) is 66.5 Å². The molecule has 1 aromatic heterocycles. The second-order valence-corrected chi connectivity index (χ2v) is 6.05. The van der Waals surface area contributed by atoms with E-state index in [9.17, 15) is 9.50 Å². The van der Waals surface area contributed by atoms with Gasteiger partial charge in [-0.25, -0.2) is 4.39 Å². The fourth-order valence-electron chi connectivity index (χ4n) is 2.52. The second-order valence-electron chi connectivity index (χ2n) is 5.64. The summed E-state index contributed by atoms with van der Waals surface area (Å²) in [6.45, 7) is 0. The molecule has 0 spiro atoms. The molecule has 0 saturated heterocycles. The molecule has 6 heteroatoms. The summed E-state index contributed by atoms with van der Waals surface area (Å²) in [6.07, 6.45) is 3.51. The fraction of sp³-hybridized carbons (Fsp3) is 0.0476. The van der Waals surface area contributed by atoms with Gasteiger partial charge in [-0.05, 0) is 36.4 Å². The average molecular weight is 381 g/mol. The minimum Gasteiger partial charge on any atom is -0.502 e.